The summed E-state index contributed by atoms with van der Waals surface area (Å²) in [6.07, 6.45) is 1.69. The van der Waals surface area contributed by atoms with E-state index >= 15 is 0 Å². The van der Waals surface area contributed by atoms with Crippen LogP contribution in [0.15, 0.2) is 22.7 Å². The first kappa shape index (κ1) is 13.5. The van der Waals surface area contributed by atoms with E-state index in [1.54, 1.807) is 12.1 Å². The third kappa shape index (κ3) is 2.57. The fourth-order valence-electron chi connectivity index (χ4n) is 2.28. The lowest BCUT2D eigenvalue weighted by atomic mass is 10.0. The van der Waals surface area contributed by atoms with Crippen molar-refractivity contribution in [2.45, 2.75) is 25.8 Å². The summed E-state index contributed by atoms with van der Waals surface area (Å²) in [5.74, 6) is -0.413. The first-order valence-corrected chi connectivity index (χ1v) is 6.93. The molecule has 18 heavy (non-hydrogen) atoms. The van der Waals surface area contributed by atoms with Gasteiger partial charge in [0.25, 0.3) is 0 Å². The van der Waals surface area contributed by atoms with Gasteiger partial charge in [0.05, 0.1) is 11.7 Å². The Morgan fingerprint density at radius 3 is 3.00 bits per heavy atom. The van der Waals surface area contributed by atoms with Crippen molar-refractivity contribution in [2.24, 2.45) is 0 Å². The number of piperidine rings is 1. The molecule has 1 amide bonds. The molecule has 5 heteroatoms. The Balaban J connectivity index is 2.29. The van der Waals surface area contributed by atoms with Gasteiger partial charge in [0.15, 0.2) is 0 Å². The number of halogens is 2. The minimum absolute atomic E-state index is 0.0473. The second kappa shape index (κ2) is 5.80. The zero-order valence-corrected chi connectivity index (χ0v) is 11.8. The predicted molar refractivity (Wildman–Crippen MR) is 73.2 cm³/mol. The second-order valence-electron chi connectivity index (χ2n) is 4.31. The highest BCUT2D eigenvalue weighted by Gasteiger charge is 2.31. The molecular formula is C13H16BrFN2O. The quantitative estimate of drug-likeness (QED) is 0.930. The molecule has 0 aliphatic carbocycles. The average molecular weight is 315 g/mol. The number of hydrogen-bond acceptors (Lipinski definition) is 2. The molecule has 1 aliphatic rings. The molecule has 2 rings (SSSR count). The van der Waals surface area contributed by atoms with Crippen molar-refractivity contribution in [1.29, 1.82) is 0 Å². The normalized spacial score (nSPS) is 20.3. The van der Waals surface area contributed by atoms with Gasteiger partial charge in [0.1, 0.15) is 5.82 Å². The van der Waals surface area contributed by atoms with Gasteiger partial charge in [-0.15, -0.1) is 0 Å². The van der Waals surface area contributed by atoms with Crippen molar-refractivity contribution in [3.8, 4) is 0 Å². The largest absolute Gasteiger partial charge is 0.307 e. The van der Waals surface area contributed by atoms with Gasteiger partial charge in [-0.1, -0.05) is 13.0 Å². The molecule has 0 aromatic heterocycles. The number of nitrogens with zero attached hydrogens (tertiary/aromatic N) is 1. The maximum atomic E-state index is 13.9. The SMILES string of the molecule is CCNC1CCCN(c2c(F)cccc2Br)C1=O. The maximum Gasteiger partial charge on any atom is 0.244 e. The maximum absolute atomic E-state index is 13.9. The van der Waals surface area contributed by atoms with Crippen molar-refractivity contribution in [1.82, 2.24) is 5.32 Å². The van der Waals surface area contributed by atoms with E-state index < -0.39 is 0 Å². The molecule has 98 valence electrons. The minimum atomic E-state index is -0.366. The highest BCUT2D eigenvalue weighted by molar-refractivity contribution is 9.10. The molecule has 1 saturated heterocycles. The smallest absolute Gasteiger partial charge is 0.244 e. The van der Waals surface area contributed by atoms with Gasteiger partial charge in [0.2, 0.25) is 5.91 Å². The van der Waals surface area contributed by atoms with E-state index in [4.69, 9.17) is 0 Å². The molecule has 1 aromatic carbocycles. The average Bonchev–Trinajstić information content (AvgIpc) is 2.33. The molecule has 1 atom stereocenters. The number of carbonyl (C=O) groups is 1. The molecule has 1 aromatic rings. The lowest BCUT2D eigenvalue weighted by molar-refractivity contribution is -0.121. The van der Waals surface area contributed by atoms with E-state index in [1.165, 1.54) is 11.0 Å². The fourth-order valence-corrected chi connectivity index (χ4v) is 2.84. The third-order valence-corrected chi connectivity index (χ3v) is 3.74. The van der Waals surface area contributed by atoms with Crippen molar-refractivity contribution >= 4 is 27.5 Å². The summed E-state index contributed by atoms with van der Waals surface area (Å²) in [5, 5.41) is 3.14. The standard InChI is InChI=1S/C13H16BrFN2O/c1-2-16-11-7-4-8-17(13(11)18)12-9(14)5-3-6-10(12)15/h3,5-6,11,16H,2,4,7-8H2,1H3. The first-order valence-electron chi connectivity index (χ1n) is 6.14. The van der Waals surface area contributed by atoms with Crippen LogP contribution in [0.25, 0.3) is 0 Å². The topological polar surface area (TPSA) is 32.3 Å². The van der Waals surface area contributed by atoms with Crippen molar-refractivity contribution in [3.05, 3.63) is 28.5 Å². The van der Waals surface area contributed by atoms with Gasteiger partial charge in [-0.2, -0.15) is 0 Å². The van der Waals surface area contributed by atoms with E-state index in [0.29, 0.717) is 16.7 Å². The van der Waals surface area contributed by atoms with Gasteiger partial charge in [-0.25, -0.2) is 4.39 Å². The van der Waals surface area contributed by atoms with Crippen LogP contribution < -0.4 is 10.2 Å². The highest BCUT2D eigenvalue weighted by Crippen LogP contribution is 2.31. The summed E-state index contributed by atoms with van der Waals surface area (Å²) in [6, 6.07) is 4.56. The summed E-state index contributed by atoms with van der Waals surface area (Å²) in [6.45, 7) is 3.27. The van der Waals surface area contributed by atoms with Crippen LogP contribution in [-0.4, -0.2) is 25.0 Å². The van der Waals surface area contributed by atoms with Crippen LogP contribution in [-0.2, 0) is 4.79 Å². The molecule has 0 bridgehead atoms. The Bertz CT molecular complexity index is 430. The van der Waals surface area contributed by atoms with Crippen LogP contribution in [0.5, 0.6) is 0 Å². The fraction of sp³-hybridized carbons (Fsp3) is 0.462. The summed E-state index contributed by atoms with van der Waals surface area (Å²) in [7, 11) is 0. The second-order valence-corrected chi connectivity index (χ2v) is 5.17. The minimum Gasteiger partial charge on any atom is -0.307 e. The Morgan fingerprint density at radius 2 is 2.33 bits per heavy atom. The zero-order valence-electron chi connectivity index (χ0n) is 10.2. The van der Waals surface area contributed by atoms with Gasteiger partial charge >= 0.3 is 0 Å². The predicted octanol–water partition coefficient (Wildman–Crippen LogP) is 2.69. The van der Waals surface area contributed by atoms with Crippen molar-refractivity contribution < 1.29 is 9.18 Å². The Labute approximate surface area is 114 Å². The molecule has 1 heterocycles. The molecular weight excluding hydrogens is 299 g/mol. The number of rotatable bonds is 3. The Hall–Kier alpha value is -0.940. The monoisotopic (exact) mass is 314 g/mol. The van der Waals surface area contributed by atoms with E-state index in [9.17, 15) is 9.18 Å². The highest BCUT2D eigenvalue weighted by atomic mass is 79.9. The molecule has 0 spiro atoms. The molecule has 1 fully saturated rings. The van der Waals surface area contributed by atoms with Crippen LogP contribution in [0, 0.1) is 5.82 Å². The van der Waals surface area contributed by atoms with Crippen LogP contribution in [0.1, 0.15) is 19.8 Å². The van der Waals surface area contributed by atoms with E-state index in [1.807, 2.05) is 6.92 Å². The Kier molecular flexibility index (Phi) is 4.35. The number of benzene rings is 1. The number of anilines is 1. The van der Waals surface area contributed by atoms with Crippen LogP contribution >= 0.6 is 15.9 Å². The third-order valence-electron chi connectivity index (χ3n) is 3.10. The molecule has 0 saturated carbocycles. The lowest BCUT2D eigenvalue weighted by Gasteiger charge is -2.33. The summed E-state index contributed by atoms with van der Waals surface area (Å²) in [4.78, 5) is 13.8. The summed E-state index contributed by atoms with van der Waals surface area (Å²) >= 11 is 3.31. The van der Waals surface area contributed by atoms with E-state index in [-0.39, 0.29) is 17.8 Å². The Morgan fingerprint density at radius 1 is 1.56 bits per heavy atom. The number of nitrogens with one attached hydrogen (secondary N) is 1. The van der Waals surface area contributed by atoms with Gasteiger partial charge in [0, 0.05) is 11.0 Å². The van der Waals surface area contributed by atoms with Crippen molar-refractivity contribution in [2.75, 3.05) is 18.0 Å². The van der Waals surface area contributed by atoms with Gasteiger partial charge in [-0.3, -0.25) is 4.79 Å². The van der Waals surface area contributed by atoms with E-state index in [2.05, 4.69) is 21.2 Å². The number of likely N-dealkylation sites (N-methyl/N-ethyl adjacent to an activating group) is 1. The van der Waals surface area contributed by atoms with Crippen molar-refractivity contribution in [3.63, 3.8) is 0 Å². The molecule has 1 unspecified atom stereocenters. The van der Waals surface area contributed by atoms with Gasteiger partial charge in [-0.05, 0) is 47.4 Å². The van der Waals surface area contributed by atoms with Crippen LogP contribution in [0.4, 0.5) is 10.1 Å². The molecule has 0 radical (unpaired) electrons. The van der Waals surface area contributed by atoms with Crippen LogP contribution in [0.3, 0.4) is 0 Å². The summed E-state index contributed by atoms with van der Waals surface area (Å²) < 4.78 is 14.5. The number of carbonyl (C=O) groups excluding carboxylic acids is 1. The first-order chi connectivity index (χ1) is 8.65. The zero-order chi connectivity index (χ0) is 13.1. The number of hydrogen-bond donors (Lipinski definition) is 1. The molecule has 3 nitrogen and oxygen atoms in total. The van der Waals surface area contributed by atoms with Crippen LogP contribution in [0.2, 0.25) is 0 Å². The number of amides is 1. The summed E-state index contributed by atoms with van der Waals surface area (Å²) in [5.41, 5.74) is 0.352. The van der Waals surface area contributed by atoms with Gasteiger partial charge < -0.3 is 10.2 Å². The van der Waals surface area contributed by atoms with E-state index in [0.717, 1.165) is 19.4 Å². The molecule has 1 aliphatic heterocycles. The molecule has 1 N–H and O–H groups in total. The lowest BCUT2D eigenvalue weighted by Crippen LogP contribution is -2.51. The number of para-hydroxylation sites is 1.